The van der Waals surface area contributed by atoms with Crippen LogP contribution in [-0.2, 0) is 0 Å². The second-order valence-corrected chi connectivity index (χ2v) is 5.21. The maximum Gasteiger partial charge on any atom is 0.0806 e. The first-order valence-electron chi connectivity index (χ1n) is 6.27. The fourth-order valence-electron chi connectivity index (χ4n) is 2.18. The monoisotopic (exact) mass is 236 g/mol. The van der Waals surface area contributed by atoms with Crippen LogP contribution in [0, 0.1) is 5.92 Å². The third-order valence-corrected chi connectivity index (χ3v) is 3.64. The van der Waals surface area contributed by atoms with Gasteiger partial charge in [0.2, 0.25) is 0 Å². The highest BCUT2D eigenvalue weighted by Crippen LogP contribution is 2.28. The Kier molecular flexibility index (Phi) is 5.16. The van der Waals surface area contributed by atoms with Crippen molar-refractivity contribution >= 4 is 0 Å². The highest BCUT2D eigenvalue weighted by molar-refractivity contribution is 5.15. The largest absolute Gasteiger partial charge is 0.389 e. The molecule has 0 saturated heterocycles. The zero-order valence-electron chi connectivity index (χ0n) is 10.9. The van der Waals surface area contributed by atoms with Crippen molar-refractivity contribution in [2.24, 2.45) is 5.92 Å². The molecule has 1 aliphatic carbocycles. The number of allylic oxidation sites excluding steroid dienone is 2. The van der Waals surface area contributed by atoms with Crippen LogP contribution in [0.2, 0.25) is 0 Å². The van der Waals surface area contributed by atoms with E-state index in [4.69, 9.17) is 0 Å². The Hall–Kier alpha value is -0.860. The SMILES string of the molecule is C=C(C)[C@@H]1CC/C(C)=C\C[C@@H](O)C(=C)[C@@H](O)C1. The summed E-state index contributed by atoms with van der Waals surface area (Å²) in [6.07, 6.45) is 3.98. The summed E-state index contributed by atoms with van der Waals surface area (Å²) in [4.78, 5) is 0. The van der Waals surface area contributed by atoms with Gasteiger partial charge in [0.05, 0.1) is 12.2 Å². The summed E-state index contributed by atoms with van der Waals surface area (Å²) in [5, 5.41) is 19.9. The molecule has 0 aromatic heterocycles. The van der Waals surface area contributed by atoms with Gasteiger partial charge in [0.25, 0.3) is 0 Å². The molecule has 0 spiro atoms. The van der Waals surface area contributed by atoms with Crippen molar-refractivity contribution in [1.29, 1.82) is 0 Å². The molecule has 0 fully saturated rings. The minimum absolute atomic E-state index is 0.301. The number of hydrogen-bond donors (Lipinski definition) is 2. The van der Waals surface area contributed by atoms with E-state index in [0.29, 0.717) is 24.3 Å². The van der Waals surface area contributed by atoms with Crippen LogP contribution in [0.1, 0.15) is 39.5 Å². The highest BCUT2D eigenvalue weighted by atomic mass is 16.3. The molecule has 0 aliphatic heterocycles. The molecule has 0 amide bonds. The summed E-state index contributed by atoms with van der Waals surface area (Å²) in [6, 6.07) is 0. The van der Waals surface area contributed by atoms with Crippen molar-refractivity contribution in [2.45, 2.75) is 51.7 Å². The molecule has 0 unspecified atom stereocenters. The molecule has 0 heterocycles. The van der Waals surface area contributed by atoms with E-state index in [2.05, 4.69) is 20.1 Å². The molecule has 96 valence electrons. The number of hydrogen-bond acceptors (Lipinski definition) is 2. The van der Waals surface area contributed by atoms with E-state index >= 15 is 0 Å². The predicted molar refractivity (Wildman–Crippen MR) is 71.7 cm³/mol. The standard InChI is InChI=1S/C15H24O2/c1-10(2)13-7-5-11(3)6-8-14(16)12(4)15(17)9-13/h6,13-17H,1,4-5,7-9H2,2-3H3/b11-6-/t13-,14-,15+/m1/s1. The van der Waals surface area contributed by atoms with Crippen LogP contribution in [0.4, 0.5) is 0 Å². The van der Waals surface area contributed by atoms with Crippen molar-refractivity contribution < 1.29 is 10.2 Å². The summed E-state index contributed by atoms with van der Waals surface area (Å²) in [6.45, 7) is 11.9. The molecule has 2 N–H and O–H groups in total. The van der Waals surface area contributed by atoms with E-state index in [0.717, 1.165) is 18.4 Å². The lowest BCUT2D eigenvalue weighted by Gasteiger charge is -2.25. The first-order chi connectivity index (χ1) is 7.91. The molecule has 1 rings (SSSR count). The average Bonchev–Trinajstić information content (AvgIpc) is 2.28. The smallest absolute Gasteiger partial charge is 0.0806 e. The van der Waals surface area contributed by atoms with Gasteiger partial charge in [0.15, 0.2) is 0 Å². The molecule has 0 saturated carbocycles. The highest BCUT2D eigenvalue weighted by Gasteiger charge is 2.22. The molecule has 0 radical (unpaired) electrons. The number of aliphatic hydroxyl groups excluding tert-OH is 2. The summed E-state index contributed by atoms with van der Waals surface area (Å²) in [5.74, 6) is 0.301. The van der Waals surface area contributed by atoms with Crippen molar-refractivity contribution in [3.05, 3.63) is 36.0 Å². The molecule has 0 aromatic rings. The van der Waals surface area contributed by atoms with E-state index < -0.39 is 12.2 Å². The average molecular weight is 236 g/mol. The topological polar surface area (TPSA) is 40.5 Å². The van der Waals surface area contributed by atoms with E-state index in [9.17, 15) is 10.2 Å². The lowest BCUT2D eigenvalue weighted by Crippen LogP contribution is -2.24. The normalized spacial score (nSPS) is 34.9. The Morgan fingerprint density at radius 1 is 1.35 bits per heavy atom. The minimum atomic E-state index is -0.635. The Morgan fingerprint density at radius 3 is 2.59 bits per heavy atom. The van der Waals surface area contributed by atoms with Crippen molar-refractivity contribution in [2.75, 3.05) is 0 Å². The van der Waals surface area contributed by atoms with Gasteiger partial charge < -0.3 is 10.2 Å². The molecule has 17 heavy (non-hydrogen) atoms. The lowest BCUT2D eigenvalue weighted by atomic mass is 9.85. The maximum atomic E-state index is 10.0. The molecule has 3 atom stereocenters. The Morgan fingerprint density at radius 2 is 2.00 bits per heavy atom. The summed E-state index contributed by atoms with van der Waals surface area (Å²) < 4.78 is 0. The Labute approximate surface area is 104 Å². The van der Waals surface area contributed by atoms with Gasteiger partial charge in [0, 0.05) is 0 Å². The lowest BCUT2D eigenvalue weighted by molar-refractivity contribution is 0.128. The zero-order chi connectivity index (χ0) is 13.0. The molecular weight excluding hydrogens is 212 g/mol. The summed E-state index contributed by atoms with van der Waals surface area (Å²) >= 11 is 0. The molecule has 1 aliphatic rings. The maximum absolute atomic E-state index is 10.0. The fraction of sp³-hybridized carbons (Fsp3) is 0.600. The first kappa shape index (κ1) is 14.2. The van der Waals surface area contributed by atoms with Gasteiger partial charge in [-0.3, -0.25) is 0 Å². The second-order valence-electron chi connectivity index (χ2n) is 5.21. The third-order valence-electron chi connectivity index (χ3n) is 3.64. The van der Waals surface area contributed by atoms with Crippen LogP contribution in [0.5, 0.6) is 0 Å². The van der Waals surface area contributed by atoms with Gasteiger partial charge in [-0.05, 0) is 51.0 Å². The predicted octanol–water partition coefficient (Wildman–Crippen LogP) is 2.98. The van der Waals surface area contributed by atoms with Gasteiger partial charge in [0.1, 0.15) is 0 Å². The molecular formula is C15H24O2. The van der Waals surface area contributed by atoms with Gasteiger partial charge in [-0.1, -0.05) is 30.4 Å². The van der Waals surface area contributed by atoms with E-state index in [-0.39, 0.29) is 0 Å². The van der Waals surface area contributed by atoms with Crippen LogP contribution >= 0.6 is 0 Å². The minimum Gasteiger partial charge on any atom is -0.389 e. The van der Waals surface area contributed by atoms with Crippen LogP contribution < -0.4 is 0 Å². The van der Waals surface area contributed by atoms with Crippen molar-refractivity contribution in [3.63, 3.8) is 0 Å². The van der Waals surface area contributed by atoms with Crippen LogP contribution in [0.3, 0.4) is 0 Å². The number of aliphatic hydroxyl groups is 2. The van der Waals surface area contributed by atoms with Gasteiger partial charge in [-0.25, -0.2) is 0 Å². The van der Waals surface area contributed by atoms with Gasteiger partial charge >= 0.3 is 0 Å². The Bertz CT molecular complexity index is 328. The van der Waals surface area contributed by atoms with Gasteiger partial charge in [-0.2, -0.15) is 0 Å². The zero-order valence-corrected chi connectivity index (χ0v) is 10.9. The molecule has 2 nitrogen and oxygen atoms in total. The van der Waals surface area contributed by atoms with E-state index in [1.807, 2.05) is 13.0 Å². The summed E-state index contributed by atoms with van der Waals surface area (Å²) in [5.41, 5.74) is 2.92. The quantitative estimate of drug-likeness (QED) is 0.687. The van der Waals surface area contributed by atoms with E-state index in [1.165, 1.54) is 5.57 Å². The first-order valence-corrected chi connectivity index (χ1v) is 6.27. The Balaban J connectivity index is 2.86. The molecule has 2 heteroatoms. The summed E-state index contributed by atoms with van der Waals surface area (Å²) in [7, 11) is 0. The van der Waals surface area contributed by atoms with Crippen molar-refractivity contribution in [1.82, 2.24) is 0 Å². The van der Waals surface area contributed by atoms with Crippen molar-refractivity contribution in [3.8, 4) is 0 Å². The van der Waals surface area contributed by atoms with Crippen LogP contribution in [0.25, 0.3) is 0 Å². The van der Waals surface area contributed by atoms with Gasteiger partial charge in [-0.15, -0.1) is 0 Å². The number of rotatable bonds is 1. The van der Waals surface area contributed by atoms with Crippen LogP contribution in [0.15, 0.2) is 36.0 Å². The second kappa shape index (κ2) is 6.18. The third kappa shape index (κ3) is 4.14. The molecule has 0 bridgehead atoms. The van der Waals surface area contributed by atoms with Crippen LogP contribution in [-0.4, -0.2) is 22.4 Å². The van der Waals surface area contributed by atoms with E-state index in [1.54, 1.807) is 0 Å². The fourth-order valence-corrected chi connectivity index (χ4v) is 2.18. The molecule has 0 aromatic carbocycles.